The molecule has 1 aliphatic rings. The maximum Gasteiger partial charge on any atom is 0.261 e. The predicted molar refractivity (Wildman–Crippen MR) is 74.5 cm³/mol. The Morgan fingerprint density at radius 2 is 2.19 bits per heavy atom. The fourth-order valence-electron chi connectivity index (χ4n) is 2.56. The van der Waals surface area contributed by atoms with Crippen LogP contribution in [0, 0.1) is 0 Å². The predicted octanol–water partition coefficient (Wildman–Crippen LogP) is 2.20. The third kappa shape index (κ3) is 3.21. The molecule has 1 unspecified atom stereocenters. The van der Waals surface area contributed by atoms with Crippen molar-refractivity contribution in [3.05, 3.63) is 42.5 Å². The minimum Gasteiger partial charge on any atom is -0.484 e. The number of piperidine rings is 1. The lowest BCUT2D eigenvalue weighted by atomic mass is 10.0. The molecule has 2 heterocycles. The first-order chi connectivity index (χ1) is 10.3. The summed E-state index contributed by atoms with van der Waals surface area (Å²) in [5.74, 6) is 1.14. The van der Waals surface area contributed by atoms with Crippen LogP contribution >= 0.6 is 0 Å². The third-order valence-electron chi connectivity index (χ3n) is 3.59. The molecule has 0 spiro atoms. The second-order valence-corrected chi connectivity index (χ2v) is 4.98. The van der Waals surface area contributed by atoms with Crippen LogP contribution in [-0.2, 0) is 4.79 Å². The first kappa shape index (κ1) is 13.6. The second-order valence-electron chi connectivity index (χ2n) is 4.98. The molecule has 6 heteroatoms. The van der Waals surface area contributed by atoms with Crippen molar-refractivity contribution < 1.29 is 14.1 Å². The SMILES string of the molecule is O=C(COc1ccccc1)N1CCCCC1c1ncno1. The summed E-state index contributed by atoms with van der Waals surface area (Å²) in [4.78, 5) is 18.2. The average Bonchev–Trinajstić information content (AvgIpc) is 3.08. The van der Waals surface area contributed by atoms with Crippen molar-refractivity contribution in [3.8, 4) is 5.75 Å². The zero-order chi connectivity index (χ0) is 14.5. The van der Waals surface area contributed by atoms with Crippen molar-refractivity contribution in [2.24, 2.45) is 0 Å². The molecular formula is C15H17N3O3. The number of para-hydroxylation sites is 1. The Morgan fingerprint density at radius 3 is 2.95 bits per heavy atom. The quantitative estimate of drug-likeness (QED) is 0.862. The summed E-state index contributed by atoms with van der Waals surface area (Å²) in [6.07, 6.45) is 4.25. The normalized spacial score (nSPS) is 18.5. The van der Waals surface area contributed by atoms with E-state index < -0.39 is 0 Å². The van der Waals surface area contributed by atoms with Crippen LogP contribution in [0.1, 0.15) is 31.2 Å². The minimum absolute atomic E-state index is 0.0225. The monoisotopic (exact) mass is 287 g/mol. The lowest BCUT2D eigenvalue weighted by molar-refractivity contribution is -0.138. The molecule has 1 aromatic carbocycles. The van der Waals surface area contributed by atoms with Gasteiger partial charge in [-0.25, -0.2) is 0 Å². The minimum atomic E-state index is -0.131. The van der Waals surface area contributed by atoms with Gasteiger partial charge in [0.25, 0.3) is 5.91 Å². The van der Waals surface area contributed by atoms with Crippen LogP contribution in [0.25, 0.3) is 0 Å². The van der Waals surface area contributed by atoms with Gasteiger partial charge >= 0.3 is 0 Å². The zero-order valence-corrected chi connectivity index (χ0v) is 11.6. The van der Waals surface area contributed by atoms with Gasteiger partial charge in [0.1, 0.15) is 11.8 Å². The summed E-state index contributed by atoms with van der Waals surface area (Å²) in [7, 11) is 0. The highest BCUT2D eigenvalue weighted by Gasteiger charge is 2.31. The number of hydrogen-bond donors (Lipinski definition) is 0. The van der Waals surface area contributed by atoms with Gasteiger partial charge < -0.3 is 14.2 Å². The van der Waals surface area contributed by atoms with E-state index in [9.17, 15) is 4.79 Å². The van der Waals surface area contributed by atoms with Gasteiger partial charge in [0.05, 0.1) is 0 Å². The second kappa shape index (κ2) is 6.39. The number of nitrogens with zero attached hydrogens (tertiary/aromatic N) is 3. The van der Waals surface area contributed by atoms with E-state index in [1.165, 1.54) is 6.33 Å². The first-order valence-corrected chi connectivity index (χ1v) is 7.08. The van der Waals surface area contributed by atoms with Crippen LogP contribution in [0.2, 0.25) is 0 Å². The Kier molecular flexibility index (Phi) is 4.14. The van der Waals surface area contributed by atoms with E-state index in [0.29, 0.717) is 18.2 Å². The molecule has 0 N–H and O–H groups in total. The molecule has 0 bridgehead atoms. The number of benzene rings is 1. The maximum atomic E-state index is 12.4. The molecule has 21 heavy (non-hydrogen) atoms. The van der Waals surface area contributed by atoms with Crippen LogP contribution in [0.5, 0.6) is 5.75 Å². The van der Waals surface area contributed by atoms with Crippen LogP contribution in [0.4, 0.5) is 0 Å². The number of ether oxygens (including phenoxy) is 1. The van der Waals surface area contributed by atoms with Gasteiger partial charge in [-0.05, 0) is 31.4 Å². The van der Waals surface area contributed by atoms with Crippen LogP contribution in [-0.4, -0.2) is 34.1 Å². The number of likely N-dealkylation sites (tertiary alicyclic amines) is 1. The molecule has 1 aromatic heterocycles. The third-order valence-corrected chi connectivity index (χ3v) is 3.59. The number of carbonyl (C=O) groups is 1. The summed E-state index contributed by atoms with van der Waals surface area (Å²) >= 11 is 0. The van der Waals surface area contributed by atoms with Crippen LogP contribution < -0.4 is 4.74 Å². The van der Waals surface area contributed by atoms with E-state index in [2.05, 4.69) is 10.1 Å². The Bertz CT molecular complexity index is 571. The van der Waals surface area contributed by atoms with Gasteiger partial charge in [0.2, 0.25) is 5.89 Å². The van der Waals surface area contributed by atoms with Crippen molar-refractivity contribution in [1.29, 1.82) is 0 Å². The zero-order valence-electron chi connectivity index (χ0n) is 11.6. The summed E-state index contributed by atoms with van der Waals surface area (Å²) < 4.78 is 10.6. The molecule has 0 saturated carbocycles. The van der Waals surface area contributed by atoms with Gasteiger partial charge in [-0.15, -0.1) is 0 Å². The topological polar surface area (TPSA) is 68.5 Å². The van der Waals surface area contributed by atoms with Gasteiger partial charge in [-0.3, -0.25) is 4.79 Å². The van der Waals surface area contributed by atoms with E-state index in [1.807, 2.05) is 30.3 Å². The highest BCUT2D eigenvalue weighted by molar-refractivity contribution is 5.78. The molecule has 1 fully saturated rings. The molecule has 0 radical (unpaired) electrons. The van der Waals surface area contributed by atoms with Gasteiger partial charge in [-0.2, -0.15) is 4.98 Å². The lowest BCUT2D eigenvalue weighted by Gasteiger charge is -2.33. The van der Waals surface area contributed by atoms with E-state index in [-0.39, 0.29) is 18.6 Å². The van der Waals surface area contributed by atoms with Crippen molar-refractivity contribution in [1.82, 2.24) is 15.0 Å². The van der Waals surface area contributed by atoms with Gasteiger partial charge in [-0.1, -0.05) is 23.4 Å². The smallest absolute Gasteiger partial charge is 0.261 e. The van der Waals surface area contributed by atoms with Crippen LogP contribution in [0.3, 0.4) is 0 Å². The van der Waals surface area contributed by atoms with E-state index in [1.54, 1.807) is 4.90 Å². The largest absolute Gasteiger partial charge is 0.484 e. The highest BCUT2D eigenvalue weighted by atomic mass is 16.5. The fraction of sp³-hybridized carbons (Fsp3) is 0.400. The number of hydrogen-bond acceptors (Lipinski definition) is 5. The van der Waals surface area contributed by atoms with Gasteiger partial charge in [0.15, 0.2) is 12.9 Å². The maximum absolute atomic E-state index is 12.4. The van der Waals surface area contributed by atoms with E-state index in [0.717, 1.165) is 19.3 Å². The lowest BCUT2D eigenvalue weighted by Crippen LogP contribution is -2.41. The first-order valence-electron chi connectivity index (χ1n) is 7.08. The number of rotatable bonds is 4. The van der Waals surface area contributed by atoms with Crippen LogP contribution in [0.15, 0.2) is 41.2 Å². The Morgan fingerprint density at radius 1 is 1.33 bits per heavy atom. The Labute approximate surface area is 122 Å². The Hall–Kier alpha value is -2.37. The van der Waals surface area contributed by atoms with Crippen molar-refractivity contribution in [2.75, 3.05) is 13.2 Å². The van der Waals surface area contributed by atoms with E-state index in [4.69, 9.17) is 9.26 Å². The van der Waals surface area contributed by atoms with Crippen molar-refractivity contribution in [3.63, 3.8) is 0 Å². The molecule has 1 atom stereocenters. The molecule has 1 aliphatic heterocycles. The fourth-order valence-corrected chi connectivity index (χ4v) is 2.56. The van der Waals surface area contributed by atoms with Crippen molar-refractivity contribution >= 4 is 5.91 Å². The Balaban J connectivity index is 1.64. The summed E-state index contributed by atoms with van der Waals surface area (Å²) in [5.41, 5.74) is 0. The number of amides is 1. The standard InChI is InChI=1S/C15H17N3O3/c19-14(10-20-12-6-2-1-3-7-12)18-9-5-4-8-13(18)15-16-11-17-21-15/h1-3,6-7,11,13H,4-5,8-10H2. The highest BCUT2D eigenvalue weighted by Crippen LogP contribution is 2.29. The van der Waals surface area contributed by atoms with Crippen molar-refractivity contribution in [2.45, 2.75) is 25.3 Å². The molecule has 0 aliphatic carbocycles. The molecule has 1 amide bonds. The van der Waals surface area contributed by atoms with Gasteiger partial charge in [0, 0.05) is 6.54 Å². The summed E-state index contributed by atoms with van der Waals surface area (Å²) in [6, 6.07) is 9.19. The molecule has 6 nitrogen and oxygen atoms in total. The number of aromatic nitrogens is 2. The average molecular weight is 287 g/mol. The summed E-state index contributed by atoms with van der Waals surface area (Å²) in [6.45, 7) is 0.721. The molecular weight excluding hydrogens is 270 g/mol. The molecule has 1 saturated heterocycles. The molecule has 2 aromatic rings. The molecule has 110 valence electrons. The number of carbonyl (C=O) groups excluding carboxylic acids is 1. The van der Waals surface area contributed by atoms with E-state index >= 15 is 0 Å². The molecule has 3 rings (SSSR count). The summed E-state index contributed by atoms with van der Waals surface area (Å²) in [5, 5.41) is 3.63.